The topological polar surface area (TPSA) is 57.4 Å². The molecule has 52 heavy (non-hydrogen) atoms. The van der Waals surface area contributed by atoms with Gasteiger partial charge in [0.1, 0.15) is 0 Å². The molecule has 5 heterocycles. The number of fused-ring (bicyclic) bond motifs is 8. The van der Waals surface area contributed by atoms with Gasteiger partial charge in [0.05, 0.1) is 33.8 Å². The summed E-state index contributed by atoms with van der Waals surface area (Å²) in [6.45, 7) is 4.55. The Bertz CT molecular complexity index is 2610. The van der Waals surface area contributed by atoms with Crippen molar-refractivity contribution in [3.8, 4) is 44.5 Å². The van der Waals surface area contributed by atoms with Crippen LogP contribution in [0.15, 0.2) is 133 Å². The highest BCUT2D eigenvalue weighted by Gasteiger charge is 2.23. The van der Waals surface area contributed by atoms with E-state index in [-0.39, 0.29) is 0 Å². The first-order valence-corrected chi connectivity index (χ1v) is 18.4. The first-order valence-electron chi connectivity index (χ1n) is 18.4. The number of aromatic amines is 2. The van der Waals surface area contributed by atoms with Crippen LogP contribution in [0.5, 0.6) is 0 Å². The Hall–Kier alpha value is -6.26. The molecule has 2 aliphatic rings. The zero-order valence-electron chi connectivity index (χ0n) is 29.6. The van der Waals surface area contributed by atoms with E-state index in [2.05, 4.69) is 169 Å². The standard InChI is InChI=1S/C48H40N4/c1-3-35-36(4-2)48-46(34-23-15-8-16-24-34)42-30-28-40(51-42)44(32-19-11-6-12-20-32)38-26-25-37(49-38)43(31-17-9-5-10-18-31)39-27-29-41(50-39)45(47(35)52-48)33-21-13-7-14-22-33/h5-27,29,49,52H,3-4,28,30H2,1-2H3. The summed E-state index contributed by atoms with van der Waals surface area (Å²) in [7, 11) is 0. The van der Waals surface area contributed by atoms with E-state index in [9.17, 15) is 0 Å². The zero-order valence-corrected chi connectivity index (χ0v) is 29.6. The third-order valence-electron chi connectivity index (χ3n) is 10.5. The van der Waals surface area contributed by atoms with Gasteiger partial charge in [0.2, 0.25) is 0 Å². The maximum Gasteiger partial charge on any atom is 0.0737 e. The van der Waals surface area contributed by atoms with Gasteiger partial charge in [-0.2, -0.15) is 0 Å². The molecule has 0 aliphatic carbocycles. The Morgan fingerprint density at radius 1 is 0.423 bits per heavy atom. The second kappa shape index (κ2) is 13.5. The van der Waals surface area contributed by atoms with E-state index in [4.69, 9.17) is 9.97 Å². The number of aromatic nitrogens is 4. The van der Waals surface area contributed by atoms with Crippen molar-refractivity contribution in [3.05, 3.63) is 167 Å². The van der Waals surface area contributed by atoms with E-state index in [0.717, 1.165) is 104 Å². The van der Waals surface area contributed by atoms with E-state index < -0.39 is 0 Å². The summed E-state index contributed by atoms with van der Waals surface area (Å²) in [5.41, 5.74) is 20.2. The quantitative estimate of drug-likeness (QED) is 0.185. The molecule has 2 aliphatic heterocycles. The SMILES string of the molecule is CCc1c(CC)c2[nH]c1c(-c1ccccc1)c1nc(c(-c3ccccc3)c3ccc([nH]3)c(-c3ccccc3)c3nc(c2-c2ccccc2)CC3)C=C1. The number of hydrogen-bond acceptors (Lipinski definition) is 2. The molecule has 0 saturated carbocycles. The molecule has 0 fully saturated rings. The number of nitrogens with one attached hydrogen (secondary N) is 2. The Labute approximate surface area is 304 Å². The van der Waals surface area contributed by atoms with Crippen LogP contribution in [-0.2, 0) is 25.7 Å². The number of hydrogen-bond donors (Lipinski definition) is 2. The van der Waals surface area contributed by atoms with Crippen LogP contribution in [0.4, 0.5) is 0 Å². The molecule has 7 aromatic rings. The lowest BCUT2D eigenvalue weighted by molar-refractivity contribution is 1.03. The molecule has 4 aromatic carbocycles. The molecule has 2 N–H and O–H groups in total. The Morgan fingerprint density at radius 3 is 1.35 bits per heavy atom. The van der Waals surface area contributed by atoms with Gasteiger partial charge >= 0.3 is 0 Å². The summed E-state index contributed by atoms with van der Waals surface area (Å²) < 4.78 is 0. The van der Waals surface area contributed by atoms with Crippen molar-refractivity contribution in [2.24, 2.45) is 0 Å². The minimum Gasteiger partial charge on any atom is -0.354 e. The van der Waals surface area contributed by atoms with E-state index in [0.29, 0.717) is 0 Å². The van der Waals surface area contributed by atoms with E-state index in [1.165, 1.54) is 22.3 Å². The van der Waals surface area contributed by atoms with Gasteiger partial charge in [0.15, 0.2) is 0 Å². The maximum atomic E-state index is 5.59. The van der Waals surface area contributed by atoms with Gasteiger partial charge in [-0.3, -0.25) is 4.98 Å². The fraction of sp³-hybridized carbons (Fsp3) is 0.125. The summed E-state index contributed by atoms with van der Waals surface area (Å²) in [6.07, 6.45) is 7.87. The molecule has 252 valence electrons. The smallest absolute Gasteiger partial charge is 0.0737 e. The van der Waals surface area contributed by atoms with Crippen molar-refractivity contribution >= 4 is 34.2 Å². The summed E-state index contributed by atoms with van der Waals surface area (Å²) in [5.74, 6) is 0. The summed E-state index contributed by atoms with van der Waals surface area (Å²) >= 11 is 0. The van der Waals surface area contributed by atoms with Crippen LogP contribution in [0.25, 0.3) is 78.7 Å². The highest BCUT2D eigenvalue weighted by atomic mass is 14.8. The lowest BCUT2D eigenvalue weighted by Crippen LogP contribution is -1.92. The van der Waals surface area contributed by atoms with Crippen molar-refractivity contribution in [3.63, 3.8) is 0 Å². The lowest BCUT2D eigenvalue weighted by Gasteiger charge is -2.07. The van der Waals surface area contributed by atoms with E-state index >= 15 is 0 Å². The molecule has 0 amide bonds. The average molecular weight is 673 g/mol. The van der Waals surface area contributed by atoms with Crippen molar-refractivity contribution in [2.45, 2.75) is 39.5 Å². The van der Waals surface area contributed by atoms with Crippen LogP contribution in [-0.4, -0.2) is 19.9 Å². The normalized spacial score (nSPS) is 12.3. The van der Waals surface area contributed by atoms with Crippen molar-refractivity contribution < 1.29 is 0 Å². The summed E-state index contributed by atoms with van der Waals surface area (Å²) in [5, 5.41) is 0. The summed E-state index contributed by atoms with van der Waals surface area (Å²) in [4.78, 5) is 19.0. The van der Waals surface area contributed by atoms with Crippen molar-refractivity contribution in [2.75, 3.05) is 0 Å². The molecule has 4 heteroatoms. The van der Waals surface area contributed by atoms with Gasteiger partial charge in [-0.15, -0.1) is 0 Å². The van der Waals surface area contributed by atoms with Gasteiger partial charge in [-0.05, 0) is 83.3 Å². The third kappa shape index (κ3) is 5.48. The van der Waals surface area contributed by atoms with Crippen LogP contribution in [0, 0.1) is 0 Å². The molecule has 3 aromatic heterocycles. The molecule has 4 nitrogen and oxygen atoms in total. The molecular weight excluding hydrogens is 633 g/mol. The molecule has 0 atom stereocenters. The largest absolute Gasteiger partial charge is 0.354 e. The number of aryl methyl sites for hydroxylation is 4. The van der Waals surface area contributed by atoms with Gasteiger partial charge in [0, 0.05) is 33.3 Å². The van der Waals surface area contributed by atoms with Gasteiger partial charge in [-0.1, -0.05) is 135 Å². The minimum atomic E-state index is 0.851. The second-order valence-corrected chi connectivity index (χ2v) is 13.5. The fourth-order valence-corrected chi connectivity index (χ4v) is 8.20. The van der Waals surface area contributed by atoms with Gasteiger partial charge < -0.3 is 9.97 Å². The van der Waals surface area contributed by atoms with Crippen LogP contribution in [0.2, 0.25) is 0 Å². The van der Waals surface area contributed by atoms with Crippen LogP contribution < -0.4 is 0 Å². The monoisotopic (exact) mass is 672 g/mol. The van der Waals surface area contributed by atoms with Crippen LogP contribution in [0.1, 0.15) is 47.8 Å². The highest BCUT2D eigenvalue weighted by molar-refractivity contribution is 5.99. The van der Waals surface area contributed by atoms with E-state index in [1.54, 1.807) is 0 Å². The molecule has 8 bridgehead atoms. The van der Waals surface area contributed by atoms with Crippen LogP contribution in [0.3, 0.4) is 0 Å². The molecule has 9 rings (SSSR count). The Balaban J connectivity index is 1.54. The summed E-state index contributed by atoms with van der Waals surface area (Å²) in [6, 6.07) is 47.3. The fourth-order valence-electron chi connectivity index (χ4n) is 8.20. The minimum absolute atomic E-state index is 0.851. The van der Waals surface area contributed by atoms with Crippen molar-refractivity contribution in [1.82, 2.24) is 19.9 Å². The highest BCUT2D eigenvalue weighted by Crippen LogP contribution is 2.41. The number of H-pyrrole nitrogens is 2. The number of nitrogens with zero attached hydrogens (tertiary/aromatic N) is 2. The Morgan fingerprint density at radius 2 is 0.827 bits per heavy atom. The number of rotatable bonds is 6. The molecule has 0 radical (unpaired) electrons. The first-order chi connectivity index (χ1) is 25.7. The molecule has 0 spiro atoms. The number of benzene rings is 4. The van der Waals surface area contributed by atoms with Gasteiger partial charge in [-0.25, -0.2) is 4.98 Å². The predicted octanol–water partition coefficient (Wildman–Crippen LogP) is 12.1. The molecule has 0 unspecified atom stereocenters. The van der Waals surface area contributed by atoms with E-state index in [1.807, 2.05) is 0 Å². The molecule has 0 saturated heterocycles. The predicted molar refractivity (Wildman–Crippen MR) is 218 cm³/mol. The lowest BCUT2D eigenvalue weighted by atomic mass is 9.96. The van der Waals surface area contributed by atoms with Gasteiger partial charge in [0.25, 0.3) is 0 Å². The zero-order chi connectivity index (χ0) is 35.0. The second-order valence-electron chi connectivity index (χ2n) is 13.5. The molecular formula is C48H40N4. The van der Waals surface area contributed by atoms with Crippen LogP contribution >= 0.6 is 0 Å². The first kappa shape index (κ1) is 31.7. The maximum absolute atomic E-state index is 5.59. The third-order valence-corrected chi connectivity index (χ3v) is 10.5. The van der Waals surface area contributed by atoms with Crippen molar-refractivity contribution in [1.29, 1.82) is 0 Å². The Kier molecular flexibility index (Phi) is 8.21. The average Bonchev–Trinajstić information content (AvgIpc) is 4.03.